The number of benzene rings is 1. The summed E-state index contributed by atoms with van der Waals surface area (Å²) < 4.78 is 26.4. The van der Waals surface area contributed by atoms with Gasteiger partial charge in [0.15, 0.2) is 17.4 Å². The van der Waals surface area contributed by atoms with Gasteiger partial charge in [-0.2, -0.15) is 15.1 Å². The van der Waals surface area contributed by atoms with Gasteiger partial charge in [0.25, 0.3) is 0 Å². The van der Waals surface area contributed by atoms with Crippen LogP contribution in [0.2, 0.25) is 0 Å². The molecule has 0 radical (unpaired) electrons. The fourth-order valence-electron chi connectivity index (χ4n) is 4.57. The Hall–Kier alpha value is -3.70. The number of fused-ring (bicyclic) bond motifs is 1. The molecule has 0 spiro atoms. The average molecular weight is 507 g/mol. The first kappa shape index (κ1) is 23.7. The maximum atomic E-state index is 15.2. The Morgan fingerprint density at radius 2 is 1.95 bits per heavy atom. The van der Waals surface area contributed by atoms with E-state index >= 15 is 4.39 Å². The largest absolute Gasteiger partial charge is 0.421 e. The molecule has 2 aliphatic rings. The van der Waals surface area contributed by atoms with Crippen molar-refractivity contribution in [2.45, 2.75) is 32.1 Å². The molecule has 194 valence electrons. The van der Waals surface area contributed by atoms with E-state index < -0.39 is 5.82 Å². The maximum Gasteiger partial charge on any atom is 0.326 e. The second kappa shape index (κ2) is 10.3. The molecule has 4 aromatic rings. The molecule has 0 atom stereocenters. The predicted octanol–water partition coefficient (Wildman–Crippen LogP) is 4.68. The fraction of sp³-hybridized carbons (Fsp3) is 0.423. The van der Waals surface area contributed by atoms with Gasteiger partial charge in [-0.1, -0.05) is 0 Å². The number of H-pyrrole nitrogens is 2. The smallest absolute Gasteiger partial charge is 0.326 e. The quantitative estimate of drug-likeness (QED) is 0.229. The molecule has 6 rings (SSSR count). The topological polar surface area (TPSA) is 116 Å². The number of morpholine rings is 1. The van der Waals surface area contributed by atoms with Crippen molar-refractivity contribution in [1.29, 1.82) is 0 Å². The van der Waals surface area contributed by atoms with Crippen molar-refractivity contribution in [1.82, 2.24) is 30.0 Å². The lowest BCUT2D eigenvalue weighted by molar-refractivity contribution is 0.0378. The Kier molecular flexibility index (Phi) is 6.62. The van der Waals surface area contributed by atoms with E-state index in [0.29, 0.717) is 34.3 Å². The lowest BCUT2D eigenvalue weighted by Crippen LogP contribution is -2.37. The van der Waals surface area contributed by atoms with Gasteiger partial charge in [-0.05, 0) is 50.9 Å². The van der Waals surface area contributed by atoms with Crippen molar-refractivity contribution in [3.63, 3.8) is 0 Å². The number of hydrogen-bond donors (Lipinski definition) is 4. The molecule has 0 unspecified atom stereocenters. The van der Waals surface area contributed by atoms with Crippen LogP contribution in [0.25, 0.3) is 10.9 Å². The molecule has 3 aromatic heterocycles. The Balaban J connectivity index is 1.20. The van der Waals surface area contributed by atoms with Crippen molar-refractivity contribution in [3.8, 4) is 11.8 Å². The van der Waals surface area contributed by atoms with E-state index in [1.165, 1.54) is 12.8 Å². The summed E-state index contributed by atoms with van der Waals surface area (Å²) in [5, 5.41) is 14.5. The van der Waals surface area contributed by atoms with Crippen LogP contribution in [0.15, 0.2) is 30.3 Å². The van der Waals surface area contributed by atoms with Crippen LogP contribution in [0, 0.1) is 12.7 Å². The van der Waals surface area contributed by atoms with E-state index in [9.17, 15) is 0 Å². The van der Waals surface area contributed by atoms with Crippen LogP contribution in [0.5, 0.6) is 11.8 Å². The van der Waals surface area contributed by atoms with Gasteiger partial charge in [0.2, 0.25) is 0 Å². The lowest BCUT2D eigenvalue weighted by Gasteiger charge is -2.26. The van der Waals surface area contributed by atoms with Gasteiger partial charge in [0.05, 0.1) is 13.2 Å². The Morgan fingerprint density at radius 3 is 2.78 bits per heavy atom. The summed E-state index contributed by atoms with van der Waals surface area (Å²) >= 11 is 0. The van der Waals surface area contributed by atoms with Crippen LogP contribution in [0.1, 0.15) is 36.6 Å². The Labute approximate surface area is 214 Å². The second-order valence-corrected chi connectivity index (χ2v) is 9.66. The minimum atomic E-state index is -0.454. The van der Waals surface area contributed by atoms with Crippen molar-refractivity contribution in [3.05, 3.63) is 47.5 Å². The third-order valence-corrected chi connectivity index (χ3v) is 6.68. The molecule has 1 saturated heterocycles. The number of aromatic nitrogens is 5. The third kappa shape index (κ3) is 5.67. The fourth-order valence-corrected chi connectivity index (χ4v) is 4.57. The number of ether oxygens (including phenoxy) is 2. The molecule has 1 saturated carbocycles. The molecule has 4 heterocycles. The van der Waals surface area contributed by atoms with Gasteiger partial charge < -0.3 is 25.1 Å². The lowest BCUT2D eigenvalue weighted by atomic mass is 10.2. The third-order valence-electron chi connectivity index (χ3n) is 6.68. The number of rotatable bonds is 10. The summed E-state index contributed by atoms with van der Waals surface area (Å²) in [6.07, 6.45) is 3.32. The molecule has 0 amide bonds. The highest BCUT2D eigenvalue weighted by molar-refractivity contribution is 5.82. The molecule has 37 heavy (non-hydrogen) atoms. The summed E-state index contributed by atoms with van der Waals surface area (Å²) in [5.41, 5.74) is 2.71. The van der Waals surface area contributed by atoms with Crippen LogP contribution in [-0.4, -0.2) is 69.4 Å². The van der Waals surface area contributed by atoms with Crippen LogP contribution >= 0.6 is 0 Å². The van der Waals surface area contributed by atoms with Gasteiger partial charge >= 0.3 is 6.01 Å². The zero-order valence-electron chi connectivity index (χ0n) is 20.8. The van der Waals surface area contributed by atoms with Crippen LogP contribution in [-0.2, 0) is 4.74 Å². The normalized spacial score (nSPS) is 16.3. The Morgan fingerprint density at radius 1 is 1.11 bits per heavy atom. The molecule has 1 aliphatic carbocycles. The minimum Gasteiger partial charge on any atom is -0.421 e. The number of nitrogens with one attached hydrogen (secondary N) is 4. The standard InChI is InChI=1S/C26H31FN8O2/c1-16-13-18-19(29-16)5-6-21(25(18)27)37-26-31-22(28-7-2-8-35-9-11-36-12-10-35)15-23(32-26)30-24-14-20(33-34-24)17-3-4-17/h5-6,13-15,17,29H,2-4,7-12H2,1H3,(H3,28,30,31,32,33,34). The molecule has 1 aromatic carbocycles. The number of nitrogens with zero attached hydrogens (tertiary/aromatic N) is 4. The summed E-state index contributed by atoms with van der Waals surface area (Å²) in [6.45, 7) is 7.09. The van der Waals surface area contributed by atoms with Crippen molar-refractivity contribution < 1.29 is 13.9 Å². The monoisotopic (exact) mass is 506 g/mol. The van der Waals surface area contributed by atoms with E-state index in [1.54, 1.807) is 18.2 Å². The van der Waals surface area contributed by atoms with Gasteiger partial charge in [0, 0.05) is 60.0 Å². The van der Waals surface area contributed by atoms with E-state index in [0.717, 1.165) is 57.2 Å². The Bertz CT molecular complexity index is 1380. The highest BCUT2D eigenvalue weighted by Crippen LogP contribution is 2.39. The predicted molar refractivity (Wildman–Crippen MR) is 139 cm³/mol. The van der Waals surface area contributed by atoms with Gasteiger partial charge in [-0.3, -0.25) is 10.00 Å². The van der Waals surface area contributed by atoms with Gasteiger partial charge in [-0.15, -0.1) is 0 Å². The zero-order chi connectivity index (χ0) is 25.2. The first-order valence-corrected chi connectivity index (χ1v) is 12.8. The molecule has 1 aliphatic heterocycles. The summed E-state index contributed by atoms with van der Waals surface area (Å²) in [7, 11) is 0. The van der Waals surface area contributed by atoms with Crippen molar-refractivity contribution in [2.75, 3.05) is 50.0 Å². The zero-order valence-corrected chi connectivity index (χ0v) is 20.8. The molecule has 11 heteroatoms. The summed E-state index contributed by atoms with van der Waals surface area (Å²) in [5.74, 6) is 1.94. The molecule has 10 nitrogen and oxygen atoms in total. The van der Waals surface area contributed by atoms with Crippen LogP contribution in [0.3, 0.4) is 0 Å². The molecular formula is C26H31FN8O2. The molecule has 4 N–H and O–H groups in total. The number of anilines is 3. The van der Waals surface area contributed by atoms with Crippen LogP contribution < -0.4 is 15.4 Å². The summed E-state index contributed by atoms with van der Waals surface area (Å²) in [6, 6.07) is 8.98. The van der Waals surface area contributed by atoms with Crippen LogP contribution in [0.4, 0.5) is 21.8 Å². The number of aromatic amines is 2. The first-order valence-electron chi connectivity index (χ1n) is 12.8. The van der Waals surface area contributed by atoms with E-state index in [2.05, 4.69) is 40.7 Å². The minimum absolute atomic E-state index is 0.0455. The maximum absolute atomic E-state index is 15.2. The molecular weight excluding hydrogens is 475 g/mol. The number of hydrogen-bond acceptors (Lipinski definition) is 8. The summed E-state index contributed by atoms with van der Waals surface area (Å²) in [4.78, 5) is 14.5. The highest BCUT2D eigenvalue weighted by atomic mass is 19.1. The van der Waals surface area contributed by atoms with E-state index in [1.807, 2.05) is 19.1 Å². The SMILES string of the molecule is Cc1cc2c(F)c(Oc3nc(NCCCN4CCOCC4)cc(Nc4cc(C5CC5)[nH]n4)n3)ccc2[nH]1. The number of halogens is 1. The first-order chi connectivity index (χ1) is 18.1. The van der Waals surface area contributed by atoms with E-state index in [-0.39, 0.29) is 11.8 Å². The number of aryl methyl sites for hydroxylation is 1. The highest BCUT2D eigenvalue weighted by Gasteiger charge is 2.25. The van der Waals surface area contributed by atoms with Crippen molar-refractivity contribution in [2.24, 2.45) is 0 Å². The average Bonchev–Trinajstić information content (AvgIpc) is 3.52. The van der Waals surface area contributed by atoms with Crippen molar-refractivity contribution >= 4 is 28.4 Å². The van der Waals surface area contributed by atoms with Gasteiger partial charge in [0.1, 0.15) is 11.6 Å². The second-order valence-electron chi connectivity index (χ2n) is 9.66. The van der Waals surface area contributed by atoms with E-state index in [4.69, 9.17) is 9.47 Å². The molecule has 0 bridgehead atoms. The van der Waals surface area contributed by atoms with Gasteiger partial charge in [-0.25, -0.2) is 4.39 Å². The molecule has 2 fully saturated rings.